The van der Waals surface area contributed by atoms with E-state index < -0.39 is 24.5 Å². The fraction of sp³-hybridized carbons (Fsp3) is 0.538. The number of carbonyl (C=O) groups is 1. The van der Waals surface area contributed by atoms with Crippen LogP contribution in [0.3, 0.4) is 0 Å². The number of halogens is 3. The van der Waals surface area contributed by atoms with Gasteiger partial charge in [-0.3, -0.25) is 4.79 Å². The van der Waals surface area contributed by atoms with Crippen LogP contribution in [0, 0.1) is 0 Å². The standard InChI is InChI=1S/C13H18F3N3O/c1-7(2)10-4-9(5-11(17)19-10)12(20)18-8(3)6-13(14,15)16/h4-5,7-8H,6H2,1-3H3,(H2,17,19)(H,18,20). The van der Waals surface area contributed by atoms with Gasteiger partial charge in [0, 0.05) is 17.3 Å². The van der Waals surface area contributed by atoms with E-state index in [1.54, 1.807) is 0 Å². The van der Waals surface area contributed by atoms with E-state index in [2.05, 4.69) is 10.3 Å². The van der Waals surface area contributed by atoms with Crippen LogP contribution in [0.5, 0.6) is 0 Å². The number of nitrogens with zero attached hydrogens (tertiary/aromatic N) is 1. The molecule has 0 saturated carbocycles. The molecular formula is C13H18F3N3O. The second-order valence-electron chi connectivity index (χ2n) is 5.05. The number of hydrogen-bond acceptors (Lipinski definition) is 3. The van der Waals surface area contributed by atoms with Crippen LogP contribution in [-0.2, 0) is 0 Å². The molecule has 4 nitrogen and oxygen atoms in total. The van der Waals surface area contributed by atoms with Crippen molar-refractivity contribution in [3.63, 3.8) is 0 Å². The number of nitrogens with two attached hydrogens (primary N) is 1. The van der Waals surface area contributed by atoms with Crippen LogP contribution in [0.15, 0.2) is 12.1 Å². The zero-order valence-corrected chi connectivity index (χ0v) is 11.6. The van der Waals surface area contributed by atoms with E-state index >= 15 is 0 Å². The van der Waals surface area contributed by atoms with Gasteiger partial charge < -0.3 is 11.1 Å². The summed E-state index contributed by atoms with van der Waals surface area (Å²) in [7, 11) is 0. The van der Waals surface area contributed by atoms with Gasteiger partial charge in [0.25, 0.3) is 5.91 Å². The maximum Gasteiger partial charge on any atom is 0.391 e. The average Bonchev–Trinajstić information content (AvgIpc) is 2.25. The van der Waals surface area contributed by atoms with E-state index in [1.165, 1.54) is 19.1 Å². The van der Waals surface area contributed by atoms with Crippen molar-refractivity contribution in [1.82, 2.24) is 10.3 Å². The lowest BCUT2D eigenvalue weighted by molar-refractivity contribution is -0.138. The lowest BCUT2D eigenvalue weighted by Gasteiger charge is -2.16. The first kappa shape index (κ1) is 16.3. The van der Waals surface area contributed by atoms with Crippen molar-refractivity contribution < 1.29 is 18.0 Å². The summed E-state index contributed by atoms with van der Waals surface area (Å²) in [6.07, 6.45) is -5.39. The quantitative estimate of drug-likeness (QED) is 0.895. The highest BCUT2D eigenvalue weighted by Gasteiger charge is 2.30. The molecule has 7 heteroatoms. The number of carbonyl (C=O) groups excluding carboxylic acids is 1. The van der Waals surface area contributed by atoms with Crippen molar-refractivity contribution in [2.75, 3.05) is 5.73 Å². The molecule has 20 heavy (non-hydrogen) atoms. The first-order valence-corrected chi connectivity index (χ1v) is 6.23. The highest BCUT2D eigenvalue weighted by atomic mass is 19.4. The van der Waals surface area contributed by atoms with Gasteiger partial charge in [-0.15, -0.1) is 0 Å². The van der Waals surface area contributed by atoms with Gasteiger partial charge in [0.1, 0.15) is 5.82 Å². The number of hydrogen-bond donors (Lipinski definition) is 2. The summed E-state index contributed by atoms with van der Waals surface area (Å²) in [5.74, 6) is -0.347. The predicted octanol–water partition coefficient (Wildman–Crippen LogP) is 2.86. The van der Waals surface area contributed by atoms with E-state index in [0.717, 1.165) is 0 Å². The summed E-state index contributed by atoms with van der Waals surface area (Å²) in [6, 6.07) is 1.89. The van der Waals surface area contributed by atoms with Crippen LogP contribution >= 0.6 is 0 Å². The molecule has 1 atom stereocenters. The molecule has 0 spiro atoms. The Hall–Kier alpha value is -1.79. The number of nitrogen functional groups attached to an aromatic ring is 1. The Labute approximate surface area is 115 Å². The van der Waals surface area contributed by atoms with Crippen LogP contribution < -0.4 is 11.1 Å². The van der Waals surface area contributed by atoms with Crippen LogP contribution in [0.1, 0.15) is 49.2 Å². The molecule has 0 aliphatic rings. The van der Waals surface area contributed by atoms with E-state index in [-0.39, 0.29) is 17.3 Å². The van der Waals surface area contributed by atoms with Crippen LogP contribution in [0.2, 0.25) is 0 Å². The van der Waals surface area contributed by atoms with Gasteiger partial charge in [0.2, 0.25) is 0 Å². The van der Waals surface area contributed by atoms with Crippen LogP contribution in [-0.4, -0.2) is 23.1 Å². The normalized spacial score (nSPS) is 13.3. The van der Waals surface area contributed by atoms with Gasteiger partial charge in [-0.25, -0.2) is 4.98 Å². The van der Waals surface area contributed by atoms with Crippen molar-refractivity contribution in [1.29, 1.82) is 0 Å². The summed E-state index contributed by atoms with van der Waals surface area (Å²) in [4.78, 5) is 16.0. The van der Waals surface area contributed by atoms with E-state index in [4.69, 9.17) is 5.73 Å². The SMILES string of the molecule is CC(CC(F)(F)F)NC(=O)c1cc(N)nc(C(C)C)c1. The molecule has 0 radical (unpaired) electrons. The predicted molar refractivity (Wildman–Crippen MR) is 70.3 cm³/mol. The number of alkyl halides is 3. The number of amides is 1. The van der Waals surface area contributed by atoms with Gasteiger partial charge in [0.15, 0.2) is 0 Å². The first-order valence-electron chi connectivity index (χ1n) is 6.23. The molecule has 1 unspecified atom stereocenters. The summed E-state index contributed by atoms with van der Waals surface area (Å²) in [6.45, 7) is 5.07. The van der Waals surface area contributed by atoms with Gasteiger partial charge >= 0.3 is 6.18 Å². The lowest BCUT2D eigenvalue weighted by atomic mass is 10.1. The molecule has 0 saturated heterocycles. The molecule has 0 aliphatic heterocycles. The zero-order chi connectivity index (χ0) is 15.5. The van der Waals surface area contributed by atoms with Gasteiger partial charge in [-0.05, 0) is 25.0 Å². The monoisotopic (exact) mass is 289 g/mol. The van der Waals surface area contributed by atoms with Crippen LogP contribution in [0.4, 0.5) is 19.0 Å². The van der Waals surface area contributed by atoms with Gasteiger partial charge in [-0.2, -0.15) is 13.2 Å². The Bertz CT molecular complexity index is 486. The number of nitrogens with one attached hydrogen (secondary N) is 1. The third kappa shape index (κ3) is 5.07. The first-order chi connectivity index (χ1) is 9.08. The number of aromatic nitrogens is 1. The zero-order valence-electron chi connectivity index (χ0n) is 11.6. The summed E-state index contributed by atoms with van der Waals surface area (Å²) >= 11 is 0. The molecule has 0 aromatic carbocycles. The number of anilines is 1. The summed E-state index contributed by atoms with van der Waals surface area (Å²) in [5.41, 5.74) is 6.44. The largest absolute Gasteiger partial charge is 0.391 e. The number of pyridine rings is 1. The maximum absolute atomic E-state index is 12.2. The Morgan fingerprint density at radius 2 is 1.95 bits per heavy atom. The Balaban J connectivity index is 2.82. The molecule has 0 aliphatic carbocycles. The highest BCUT2D eigenvalue weighted by Crippen LogP contribution is 2.22. The van der Waals surface area contributed by atoms with Crippen molar-refractivity contribution in [3.8, 4) is 0 Å². The highest BCUT2D eigenvalue weighted by molar-refractivity contribution is 5.95. The molecule has 1 rings (SSSR count). The molecule has 0 bridgehead atoms. The smallest absolute Gasteiger partial charge is 0.384 e. The second kappa shape index (κ2) is 6.11. The molecular weight excluding hydrogens is 271 g/mol. The molecule has 112 valence electrons. The minimum atomic E-state index is -4.31. The van der Waals surface area contributed by atoms with Crippen molar-refractivity contribution in [2.24, 2.45) is 0 Å². The summed E-state index contributed by atoms with van der Waals surface area (Å²) in [5, 5.41) is 2.30. The fourth-order valence-corrected chi connectivity index (χ4v) is 1.71. The molecule has 3 N–H and O–H groups in total. The Morgan fingerprint density at radius 1 is 1.35 bits per heavy atom. The topological polar surface area (TPSA) is 68.0 Å². The molecule has 1 aromatic heterocycles. The molecule has 0 fully saturated rings. The molecule has 1 amide bonds. The van der Waals surface area contributed by atoms with E-state index in [9.17, 15) is 18.0 Å². The van der Waals surface area contributed by atoms with E-state index in [1.807, 2.05) is 13.8 Å². The fourth-order valence-electron chi connectivity index (χ4n) is 1.71. The Morgan fingerprint density at radius 3 is 2.45 bits per heavy atom. The van der Waals surface area contributed by atoms with Crippen molar-refractivity contribution >= 4 is 11.7 Å². The Kier molecular flexibility index (Phi) is 4.97. The summed E-state index contributed by atoms with van der Waals surface area (Å²) < 4.78 is 36.6. The molecule has 1 aromatic rings. The van der Waals surface area contributed by atoms with Crippen molar-refractivity contribution in [2.45, 2.75) is 45.3 Å². The van der Waals surface area contributed by atoms with Gasteiger partial charge in [-0.1, -0.05) is 13.8 Å². The number of rotatable bonds is 4. The van der Waals surface area contributed by atoms with Crippen LogP contribution in [0.25, 0.3) is 0 Å². The second-order valence-corrected chi connectivity index (χ2v) is 5.05. The third-order valence-electron chi connectivity index (χ3n) is 2.63. The lowest BCUT2D eigenvalue weighted by Crippen LogP contribution is -2.36. The minimum absolute atomic E-state index is 0.0673. The van der Waals surface area contributed by atoms with Crippen molar-refractivity contribution in [3.05, 3.63) is 23.4 Å². The maximum atomic E-state index is 12.2. The van der Waals surface area contributed by atoms with Gasteiger partial charge in [0.05, 0.1) is 6.42 Å². The van der Waals surface area contributed by atoms with E-state index in [0.29, 0.717) is 5.69 Å². The third-order valence-corrected chi connectivity index (χ3v) is 2.63. The molecule has 1 heterocycles. The minimum Gasteiger partial charge on any atom is -0.384 e. The average molecular weight is 289 g/mol.